The molecule has 124 valence electrons. The maximum atomic E-state index is 13.8. The van der Waals surface area contributed by atoms with Crippen LogP contribution in [0.3, 0.4) is 0 Å². The molecular weight excluding hydrogens is 299 g/mol. The summed E-state index contributed by atoms with van der Waals surface area (Å²) in [6.45, 7) is 0.613. The average Bonchev–Trinajstić information content (AvgIpc) is 2.55. The lowest BCUT2D eigenvalue weighted by molar-refractivity contribution is 0.147. The smallest absolute Gasteiger partial charge is 0.262 e. The van der Waals surface area contributed by atoms with Gasteiger partial charge in [-0.2, -0.15) is 0 Å². The van der Waals surface area contributed by atoms with E-state index in [2.05, 4.69) is 9.97 Å². The van der Waals surface area contributed by atoms with Crippen LogP contribution in [0.1, 0.15) is 43.8 Å². The fourth-order valence-corrected chi connectivity index (χ4v) is 3.14. The van der Waals surface area contributed by atoms with Crippen molar-refractivity contribution in [2.24, 2.45) is 0 Å². The number of fused-ring (bicyclic) bond motifs is 1. The van der Waals surface area contributed by atoms with Crippen molar-refractivity contribution >= 4 is 10.9 Å². The maximum Gasteiger partial charge on any atom is 0.262 e. The van der Waals surface area contributed by atoms with Gasteiger partial charge in [0.15, 0.2) is 0 Å². The topological polar surface area (TPSA) is 64.2 Å². The highest BCUT2D eigenvalue weighted by molar-refractivity contribution is 5.84. The standard InChI is InChI=1S/C17H21FN2O3/c1-22-7-8-23-14-10-12(18)9-13-15(14)17(21)20-16(19-13)11-5-3-2-4-6-11/h9-11H,2-8H2,1H3,(H,19,20,21). The number of H-pyrrole nitrogens is 1. The molecule has 1 aliphatic rings. The van der Waals surface area contributed by atoms with Gasteiger partial charge in [0, 0.05) is 25.2 Å². The Hall–Kier alpha value is -1.95. The largest absolute Gasteiger partial charge is 0.490 e. The van der Waals surface area contributed by atoms with Crippen molar-refractivity contribution in [3.63, 3.8) is 0 Å². The van der Waals surface area contributed by atoms with Crippen molar-refractivity contribution in [3.05, 3.63) is 34.1 Å². The average molecular weight is 320 g/mol. The monoisotopic (exact) mass is 320 g/mol. The second-order valence-corrected chi connectivity index (χ2v) is 5.93. The number of nitrogens with zero attached hydrogens (tertiary/aromatic N) is 1. The Morgan fingerprint density at radius 1 is 1.26 bits per heavy atom. The van der Waals surface area contributed by atoms with Gasteiger partial charge in [0.2, 0.25) is 0 Å². The van der Waals surface area contributed by atoms with Crippen LogP contribution in [0.25, 0.3) is 10.9 Å². The summed E-state index contributed by atoms with van der Waals surface area (Å²) in [6.07, 6.45) is 5.53. The van der Waals surface area contributed by atoms with Crippen molar-refractivity contribution < 1.29 is 13.9 Å². The van der Waals surface area contributed by atoms with E-state index >= 15 is 0 Å². The number of nitrogens with one attached hydrogen (secondary N) is 1. The summed E-state index contributed by atoms with van der Waals surface area (Å²) in [4.78, 5) is 19.9. The van der Waals surface area contributed by atoms with Gasteiger partial charge in [-0.1, -0.05) is 19.3 Å². The van der Waals surface area contributed by atoms with Crippen LogP contribution in [0.15, 0.2) is 16.9 Å². The molecule has 2 aromatic rings. The quantitative estimate of drug-likeness (QED) is 0.860. The molecule has 1 aliphatic carbocycles. The molecule has 3 rings (SSSR count). The van der Waals surface area contributed by atoms with E-state index < -0.39 is 5.82 Å². The second-order valence-electron chi connectivity index (χ2n) is 5.93. The molecule has 1 aromatic carbocycles. The molecule has 1 heterocycles. The van der Waals surface area contributed by atoms with Gasteiger partial charge in [-0.3, -0.25) is 4.79 Å². The van der Waals surface area contributed by atoms with Gasteiger partial charge >= 0.3 is 0 Å². The number of rotatable bonds is 5. The molecule has 5 nitrogen and oxygen atoms in total. The van der Waals surface area contributed by atoms with Crippen molar-refractivity contribution in [2.75, 3.05) is 20.3 Å². The Labute approximate surface area is 133 Å². The zero-order valence-electron chi connectivity index (χ0n) is 13.2. The Kier molecular flexibility index (Phi) is 4.91. The number of ether oxygens (including phenoxy) is 2. The number of hydrogen-bond donors (Lipinski definition) is 1. The SMILES string of the molecule is COCCOc1cc(F)cc2nc(C3CCCCC3)[nH]c(=O)c12. The molecule has 1 saturated carbocycles. The molecule has 0 radical (unpaired) electrons. The summed E-state index contributed by atoms with van der Waals surface area (Å²) in [5.74, 6) is 0.663. The van der Waals surface area contributed by atoms with E-state index in [-0.39, 0.29) is 23.8 Å². The minimum absolute atomic E-state index is 0.209. The summed E-state index contributed by atoms with van der Waals surface area (Å²) in [6, 6.07) is 2.51. The van der Waals surface area contributed by atoms with Crippen LogP contribution in [-0.4, -0.2) is 30.3 Å². The fourth-order valence-electron chi connectivity index (χ4n) is 3.14. The number of aromatic amines is 1. The van der Waals surface area contributed by atoms with Gasteiger partial charge in [0.1, 0.15) is 29.4 Å². The zero-order valence-corrected chi connectivity index (χ0v) is 13.2. The van der Waals surface area contributed by atoms with Crippen molar-refractivity contribution in [1.29, 1.82) is 0 Å². The van der Waals surface area contributed by atoms with Crippen molar-refractivity contribution in [1.82, 2.24) is 9.97 Å². The van der Waals surface area contributed by atoms with Crippen LogP contribution < -0.4 is 10.3 Å². The molecule has 1 fully saturated rings. The molecule has 23 heavy (non-hydrogen) atoms. The van der Waals surface area contributed by atoms with Gasteiger partial charge in [-0.05, 0) is 12.8 Å². The van der Waals surface area contributed by atoms with Gasteiger partial charge in [0.25, 0.3) is 5.56 Å². The Balaban J connectivity index is 2.01. The van der Waals surface area contributed by atoms with Crippen LogP contribution >= 0.6 is 0 Å². The van der Waals surface area contributed by atoms with Crippen molar-refractivity contribution in [2.45, 2.75) is 38.0 Å². The van der Waals surface area contributed by atoms with Crippen LogP contribution in [0.5, 0.6) is 5.75 Å². The summed E-state index contributed by atoms with van der Waals surface area (Å²) in [5.41, 5.74) is 0.0738. The molecule has 1 N–H and O–H groups in total. The number of aromatic nitrogens is 2. The van der Waals surface area contributed by atoms with E-state index in [1.165, 1.54) is 18.6 Å². The first-order chi connectivity index (χ1) is 11.2. The lowest BCUT2D eigenvalue weighted by atomic mass is 9.88. The molecule has 0 aliphatic heterocycles. The molecular formula is C17H21FN2O3. The highest BCUT2D eigenvalue weighted by atomic mass is 19.1. The van der Waals surface area contributed by atoms with Gasteiger partial charge < -0.3 is 14.5 Å². The molecule has 0 unspecified atom stereocenters. The number of hydrogen-bond acceptors (Lipinski definition) is 4. The predicted molar refractivity (Wildman–Crippen MR) is 85.5 cm³/mol. The maximum absolute atomic E-state index is 13.8. The highest BCUT2D eigenvalue weighted by Gasteiger charge is 2.20. The number of methoxy groups -OCH3 is 1. The van der Waals surface area contributed by atoms with Crippen LogP contribution in [0.4, 0.5) is 4.39 Å². The summed E-state index contributed by atoms with van der Waals surface area (Å²) in [5, 5.41) is 0.294. The molecule has 0 bridgehead atoms. The summed E-state index contributed by atoms with van der Waals surface area (Å²) < 4.78 is 24.2. The Morgan fingerprint density at radius 2 is 2.04 bits per heavy atom. The first kappa shape index (κ1) is 15.9. The van der Waals surface area contributed by atoms with E-state index in [1.807, 2.05) is 0 Å². The third-order valence-corrected chi connectivity index (χ3v) is 4.29. The summed E-state index contributed by atoms with van der Waals surface area (Å²) >= 11 is 0. The lowest BCUT2D eigenvalue weighted by Gasteiger charge is -2.21. The van der Waals surface area contributed by atoms with Crippen LogP contribution in [0.2, 0.25) is 0 Å². The molecule has 0 amide bonds. The highest BCUT2D eigenvalue weighted by Crippen LogP contribution is 2.31. The third kappa shape index (κ3) is 3.52. The number of halogens is 1. The van der Waals surface area contributed by atoms with E-state index in [1.54, 1.807) is 7.11 Å². The van der Waals surface area contributed by atoms with Crippen molar-refractivity contribution in [3.8, 4) is 5.75 Å². The Bertz CT molecular complexity index is 738. The minimum Gasteiger partial charge on any atom is -0.490 e. The molecule has 0 atom stereocenters. The lowest BCUT2D eigenvalue weighted by Crippen LogP contribution is -2.18. The van der Waals surface area contributed by atoms with Gasteiger partial charge in [0.05, 0.1) is 12.1 Å². The van der Waals surface area contributed by atoms with Gasteiger partial charge in [-0.25, -0.2) is 9.37 Å². The second kappa shape index (κ2) is 7.08. The van der Waals surface area contributed by atoms with E-state index in [0.717, 1.165) is 25.7 Å². The van der Waals surface area contributed by atoms with E-state index in [9.17, 15) is 9.18 Å². The molecule has 6 heteroatoms. The predicted octanol–water partition coefficient (Wildman–Crippen LogP) is 3.14. The zero-order chi connectivity index (χ0) is 16.2. The molecule has 1 aromatic heterocycles. The minimum atomic E-state index is -0.461. The first-order valence-electron chi connectivity index (χ1n) is 8.04. The molecule has 0 saturated heterocycles. The fraction of sp³-hybridized carbons (Fsp3) is 0.529. The summed E-state index contributed by atoms with van der Waals surface area (Å²) in [7, 11) is 1.55. The number of benzene rings is 1. The first-order valence-corrected chi connectivity index (χ1v) is 8.04. The third-order valence-electron chi connectivity index (χ3n) is 4.29. The van der Waals surface area contributed by atoms with E-state index in [0.29, 0.717) is 23.3 Å². The molecule has 0 spiro atoms. The van der Waals surface area contributed by atoms with E-state index in [4.69, 9.17) is 9.47 Å². The van der Waals surface area contributed by atoms with Crippen LogP contribution in [-0.2, 0) is 4.74 Å². The van der Waals surface area contributed by atoms with Gasteiger partial charge in [-0.15, -0.1) is 0 Å². The normalized spacial score (nSPS) is 15.9. The Morgan fingerprint density at radius 3 is 2.78 bits per heavy atom. The van der Waals surface area contributed by atoms with Crippen LogP contribution in [0, 0.1) is 5.82 Å².